The third-order valence-electron chi connectivity index (χ3n) is 3.93. The summed E-state index contributed by atoms with van der Waals surface area (Å²) in [6, 6.07) is 11.5. The van der Waals surface area contributed by atoms with Crippen molar-refractivity contribution < 1.29 is 9.47 Å². The SMILES string of the molecule is C=CCn1nnnc1NCc1cc(Br)c(OCc2cccc(Cl)c2)c(OCC)c1. The molecule has 9 heteroatoms. The molecule has 0 aliphatic rings. The Kier molecular flexibility index (Phi) is 7.48. The van der Waals surface area contributed by atoms with Crippen molar-refractivity contribution in [3.63, 3.8) is 0 Å². The maximum atomic E-state index is 6.05. The Bertz CT molecular complexity index is 979. The van der Waals surface area contributed by atoms with E-state index in [2.05, 4.69) is 43.4 Å². The zero-order chi connectivity index (χ0) is 20.6. The van der Waals surface area contributed by atoms with Gasteiger partial charge in [-0.25, -0.2) is 4.68 Å². The van der Waals surface area contributed by atoms with Crippen LogP contribution in [0.4, 0.5) is 5.95 Å². The maximum Gasteiger partial charge on any atom is 0.243 e. The number of nitrogens with zero attached hydrogens (tertiary/aromatic N) is 4. The molecule has 7 nitrogen and oxygen atoms in total. The Hall–Kier alpha value is -2.58. The summed E-state index contributed by atoms with van der Waals surface area (Å²) < 4.78 is 14.3. The predicted molar refractivity (Wildman–Crippen MR) is 116 cm³/mol. The highest BCUT2D eigenvalue weighted by Gasteiger charge is 2.14. The van der Waals surface area contributed by atoms with Crippen molar-refractivity contribution in [1.29, 1.82) is 0 Å². The number of halogens is 2. The second-order valence-corrected chi connectivity index (χ2v) is 7.37. The van der Waals surface area contributed by atoms with E-state index in [9.17, 15) is 0 Å². The number of tetrazole rings is 1. The van der Waals surface area contributed by atoms with Crippen molar-refractivity contribution in [2.45, 2.75) is 26.6 Å². The first-order valence-electron chi connectivity index (χ1n) is 9.04. The Labute approximate surface area is 182 Å². The summed E-state index contributed by atoms with van der Waals surface area (Å²) in [6.45, 7) is 7.59. The molecule has 0 fully saturated rings. The number of ether oxygens (including phenoxy) is 2. The molecule has 3 rings (SSSR count). The van der Waals surface area contributed by atoms with Gasteiger partial charge in [0.1, 0.15) is 6.61 Å². The summed E-state index contributed by atoms with van der Waals surface area (Å²) in [5.74, 6) is 1.87. The van der Waals surface area contributed by atoms with E-state index in [1.165, 1.54) is 0 Å². The molecular weight excluding hydrogens is 458 g/mol. The van der Waals surface area contributed by atoms with Gasteiger partial charge in [-0.15, -0.1) is 6.58 Å². The molecule has 1 heterocycles. The largest absolute Gasteiger partial charge is 0.490 e. The van der Waals surface area contributed by atoms with Gasteiger partial charge in [0.2, 0.25) is 5.95 Å². The third-order valence-corrected chi connectivity index (χ3v) is 4.75. The van der Waals surface area contributed by atoms with E-state index < -0.39 is 0 Å². The Balaban J connectivity index is 1.74. The van der Waals surface area contributed by atoms with Crippen molar-refractivity contribution in [2.75, 3.05) is 11.9 Å². The molecule has 1 aromatic heterocycles. The zero-order valence-electron chi connectivity index (χ0n) is 15.9. The molecule has 0 saturated carbocycles. The second kappa shape index (κ2) is 10.3. The summed E-state index contributed by atoms with van der Waals surface area (Å²) in [6.07, 6.45) is 1.73. The second-order valence-electron chi connectivity index (χ2n) is 6.08. The first-order chi connectivity index (χ1) is 14.1. The fourth-order valence-electron chi connectivity index (χ4n) is 2.67. The quantitative estimate of drug-likeness (QED) is 0.419. The fraction of sp³-hybridized carbons (Fsp3) is 0.250. The van der Waals surface area contributed by atoms with Gasteiger partial charge < -0.3 is 14.8 Å². The normalized spacial score (nSPS) is 10.6. The van der Waals surface area contributed by atoms with E-state index in [1.807, 2.05) is 43.3 Å². The Morgan fingerprint density at radius 1 is 1.24 bits per heavy atom. The molecule has 2 aromatic carbocycles. The van der Waals surface area contributed by atoms with Crippen LogP contribution in [0.15, 0.2) is 53.5 Å². The van der Waals surface area contributed by atoms with Gasteiger partial charge in [-0.3, -0.25) is 0 Å². The molecular formula is C20H21BrClN5O2. The highest BCUT2D eigenvalue weighted by molar-refractivity contribution is 9.10. The summed E-state index contributed by atoms with van der Waals surface area (Å²) in [7, 11) is 0. The van der Waals surface area contributed by atoms with Crippen LogP contribution in [0, 0.1) is 0 Å². The topological polar surface area (TPSA) is 74.1 Å². The zero-order valence-corrected chi connectivity index (χ0v) is 18.3. The van der Waals surface area contributed by atoms with Gasteiger partial charge in [0.15, 0.2) is 11.5 Å². The number of aromatic nitrogens is 4. The molecule has 0 aliphatic carbocycles. The van der Waals surface area contributed by atoms with Crippen LogP contribution < -0.4 is 14.8 Å². The molecule has 0 amide bonds. The molecule has 1 N–H and O–H groups in total. The minimum atomic E-state index is 0.382. The standard InChI is InChI=1S/C20H21BrClN5O2/c1-3-8-27-20(24-25-26-27)23-12-15-10-17(21)19(18(11-15)28-4-2)29-13-14-6-5-7-16(22)9-14/h3,5-7,9-11H,1,4,8,12-13H2,2H3,(H,23,24,26). The van der Waals surface area contributed by atoms with Crippen molar-refractivity contribution >= 4 is 33.5 Å². The van der Waals surface area contributed by atoms with Gasteiger partial charge in [0.25, 0.3) is 0 Å². The van der Waals surface area contributed by atoms with Gasteiger partial charge in [-0.1, -0.05) is 34.9 Å². The number of allylic oxidation sites excluding steroid dienone is 1. The van der Waals surface area contributed by atoms with Crippen LogP contribution >= 0.6 is 27.5 Å². The van der Waals surface area contributed by atoms with E-state index >= 15 is 0 Å². The van der Waals surface area contributed by atoms with Crippen LogP contribution in [0.5, 0.6) is 11.5 Å². The van der Waals surface area contributed by atoms with Crippen LogP contribution in [0.3, 0.4) is 0 Å². The lowest BCUT2D eigenvalue weighted by Gasteiger charge is -2.16. The maximum absolute atomic E-state index is 6.05. The van der Waals surface area contributed by atoms with Crippen molar-refractivity contribution in [3.8, 4) is 11.5 Å². The van der Waals surface area contributed by atoms with E-state index in [0.717, 1.165) is 15.6 Å². The average molecular weight is 479 g/mol. The highest BCUT2D eigenvalue weighted by atomic mass is 79.9. The van der Waals surface area contributed by atoms with Crippen molar-refractivity contribution in [1.82, 2.24) is 20.2 Å². The van der Waals surface area contributed by atoms with Gasteiger partial charge >= 0.3 is 0 Å². The number of nitrogens with one attached hydrogen (secondary N) is 1. The highest BCUT2D eigenvalue weighted by Crippen LogP contribution is 2.37. The molecule has 0 bridgehead atoms. The van der Waals surface area contributed by atoms with Gasteiger partial charge in [0.05, 0.1) is 17.6 Å². The summed E-state index contributed by atoms with van der Waals surface area (Å²) in [5, 5.41) is 15.5. The van der Waals surface area contributed by atoms with Crippen LogP contribution in [-0.4, -0.2) is 26.8 Å². The lowest BCUT2D eigenvalue weighted by atomic mass is 10.2. The molecule has 0 spiro atoms. The minimum Gasteiger partial charge on any atom is -0.490 e. The number of anilines is 1. The molecule has 29 heavy (non-hydrogen) atoms. The number of rotatable bonds is 10. The van der Waals surface area contributed by atoms with Gasteiger partial charge in [-0.05, 0) is 68.7 Å². The lowest BCUT2D eigenvalue weighted by Crippen LogP contribution is -2.09. The Morgan fingerprint density at radius 2 is 2.10 bits per heavy atom. The van der Waals surface area contributed by atoms with Gasteiger partial charge in [-0.2, -0.15) is 0 Å². The van der Waals surface area contributed by atoms with Crippen molar-refractivity contribution in [2.24, 2.45) is 0 Å². The van der Waals surface area contributed by atoms with Crippen LogP contribution in [0.2, 0.25) is 5.02 Å². The number of hydrogen-bond donors (Lipinski definition) is 1. The van der Waals surface area contributed by atoms with E-state index in [0.29, 0.717) is 48.8 Å². The van der Waals surface area contributed by atoms with Crippen LogP contribution in [-0.2, 0) is 19.7 Å². The Morgan fingerprint density at radius 3 is 2.86 bits per heavy atom. The molecule has 0 saturated heterocycles. The molecule has 0 aliphatic heterocycles. The summed E-state index contributed by atoms with van der Waals surface area (Å²) >= 11 is 9.65. The summed E-state index contributed by atoms with van der Waals surface area (Å²) in [4.78, 5) is 0. The monoisotopic (exact) mass is 477 g/mol. The fourth-order valence-corrected chi connectivity index (χ4v) is 3.48. The predicted octanol–water partition coefficient (Wildman–Crippen LogP) is 4.86. The number of benzene rings is 2. The molecule has 152 valence electrons. The molecule has 3 aromatic rings. The first-order valence-corrected chi connectivity index (χ1v) is 10.2. The van der Waals surface area contributed by atoms with Crippen LogP contribution in [0.25, 0.3) is 0 Å². The molecule has 0 radical (unpaired) electrons. The third kappa shape index (κ3) is 5.71. The first kappa shape index (κ1) is 21.1. The summed E-state index contributed by atoms with van der Waals surface area (Å²) in [5.41, 5.74) is 1.97. The van der Waals surface area contributed by atoms with E-state index in [1.54, 1.807) is 10.8 Å². The lowest BCUT2D eigenvalue weighted by molar-refractivity contribution is 0.267. The average Bonchev–Trinajstić information content (AvgIpc) is 3.13. The van der Waals surface area contributed by atoms with Crippen LogP contribution in [0.1, 0.15) is 18.1 Å². The van der Waals surface area contributed by atoms with Crippen molar-refractivity contribution in [3.05, 3.63) is 69.7 Å². The smallest absolute Gasteiger partial charge is 0.243 e. The molecule has 0 unspecified atom stereocenters. The van der Waals surface area contributed by atoms with E-state index in [-0.39, 0.29) is 0 Å². The van der Waals surface area contributed by atoms with E-state index in [4.69, 9.17) is 21.1 Å². The minimum absolute atomic E-state index is 0.382. The number of hydrogen-bond acceptors (Lipinski definition) is 6. The molecule has 0 atom stereocenters. The van der Waals surface area contributed by atoms with Gasteiger partial charge in [0, 0.05) is 11.6 Å².